The van der Waals surface area contributed by atoms with Crippen molar-refractivity contribution in [2.45, 2.75) is 25.2 Å². The van der Waals surface area contributed by atoms with Crippen molar-refractivity contribution in [3.63, 3.8) is 0 Å². The average Bonchev–Trinajstić information content (AvgIpc) is 2.33. The molecule has 0 spiro atoms. The molecule has 4 nitrogen and oxygen atoms in total. The Morgan fingerprint density at radius 1 is 1.39 bits per heavy atom. The number of nitrogens with zero attached hydrogens (tertiary/aromatic N) is 1. The van der Waals surface area contributed by atoms with Crippen LogP contribution >= 0.6 is 15.9 Å². The molecular weight excluding hydrogens is 318 g/mol. The Balaban J connectivity index is 3.06. The molecule has 1 N–H and O–H groups in total. The number of benzene rings is 1. The molecule has 0 bridgehead atoms. The number of sulfonamides is 1. The van der Waals surface area contributed by atoms with Crippen LogP contribution in [0.15, 0.2) is 27.6 Å². The highest BCUT2D eigenvalue weighted by molar-refractivity contribution is 9.10. The molecular formula is C12H18BrNO3S. The molecule has 6 heteroatoms. The predicted molar refractivity (Wildman–Crippen MR) is 75.0 cm³/mol. The van der Waals surface area contributed by atoms with Gasteiger partial charge in [0.25, 0.3) is 0 Å². The quantitative estimate of drug-likeness (QED) is 0.866. The molecule has 0 aliphatic carbocycles. The molecule has 1 rings (SSSR count). The van der Waals surface area contributed by atoms with Crippen LogP contribution in [0.25, 0.3) is 0 Å². The molecule has 18 heavy (non-hydrogen) atoms. The first-order valence-corrected chi connectivity index (χ1v) is 8.04. The number of aliphatic hydroxyl groups is 1. The van der Waals surface area contributed by atoms with Crippen molar-refractivity contribution in [3.05, 3.63) is 28.2 Å². The van der Waals surface area contributed by atoms with Gasteiger partial charge in [0.05, 0.1) is 4.90 Å². The van der Waals surface area contributed by atoms with E-state index < -0.39 is 10.0 Å². The highest BCUT2D eigenvalue weighted by Crippen LogP contribution is 2.22. The Hall–Kier alpha value is -0.430. The van der Waals surface area contributed by atoms with Gasteiger partial charge < -0.3 is 5.11 Å². The van der Waals surface area contributed by atoms with Gasteiger partial charge in [-0.2, -0.15) is 4.31 Å². The number of halogens is 1. The maximum atomic E-state index is 12.4. The van der Waals surface area contributed by atoms with Gasteiger partial charge in [-0.3, -0.25) is 0 Å². The fourth-order valence-electron chi connectivity index (χ4n) is 1.62. The average molecular weight is 336 g/mol. The van der Waals surface area contributed by atoms with Crippen LogP contribution in [-0.4, -0.2) is 37.5 Å². The maximum absolute atomic E-state index is 12.4. The third-order valence-electron chi connectivity index (χ3n) is 2.69. The van der Waals surface area contributed by atoms with Crippen molar-refractivity contribution < 1.29 is 13.5 Å². The minimum Gasteiger partial charge on any atom is -0.396 e. The molecule has 0 saturated heterocycles. The number of aliphatic hydroxyl groups excluding tert-OH is 1. The molecule has 102 valence electrons. The first-order valence-electron chi connectivity index (χ1n) is 5.80. The Labute approximate surface area is 117 Å². The Kier molecular flexibility index (Phi) is 5.78. The molecule has 0 amide bonds. The summed E-state index contributed by atoms with van der Waals surface area (Å²) in [6.07, 6.45) is 0.447. The highest BCUT2D eigenvalue weighted by Gasteiger charge is 2.22. The van der Waals surface area contributed by atoms with Crippen molar-refractivity contribution in [1.82, 2.24) is 4.31 Å². The van der Waals surface area contributed by atoms with Gasteiger partial charge in [0, 0.05) is 24.2 Å². The van der Waals surface area contributed by atoms with Gasteiger partial charge in [-0.1, -0.05) is 22.9 Å². The second kappa shape index (κ2) is 6.65. The molecule has 0 aliphatic heterocycles. The van der Waals surface area contributed by atoms with Gasteiger partial charge in [-0.25, -0.2) is 8.42 Å². The van der Waals surface area contributed by atoms with E-state index >= 15 is 0 Å². The normalized spacial score (nSPS) is 12.1. The zero-order valence-electron chi connectivity index (χ0n) is 10.6. The summed E-state index contributed by atoms with van der Waals surface area (Å²) >= 11 is 3.35. The summed E-state index contributed by atoms with van der Waals surface area (Å²) < 4.78 is 27.0. The van der Waals surface area contributed by atoms with Crippen LogP contribution in [0.3, 0.4) is 0 Å². The number of hydrogen-bond donors (Lipinski definition) is 1. The van der Waals surface area contributed by atoms with Crippen molar-refractivity contribution in [2.75, 3.05) is 19.7 Å². The largest absolute Gasteiger partial charge is 0.396 e. The standard InChI is InChI=1S/C12H18BrNO3S/c1-3-14(7-4-8-15)18(16,17)11-5-6-12(13)10(2)9-11/h5-6,9,15H,3-4,7-8H2,1-2H3. The van der Waals surface area contributed by atoms with Gasteiger partial charge in [0.2, 0.25) is 10.0 Å². The minimum absolute atomic E-state index is 0.00855. The van der Waals surface area contributed by atoms with Gasteiger partial charge >= 0.3 is 0 Å². The third kappa shape index (κ3) is 3.54. The van der Waals surface area contributed by atoms with Crippen LogP contribution < -0.4 is 0 Å². The second-order valence-corrected chi connectivity index (χ2v) is 6.78. The van der Waals surface area contributed by atoms with Crippen LogP contribution in [0.5, 0.6) is 0 Å². The Morgan fingerprint density at radius 3 is 2.56 bits per heavy atom. The van der Waals surface area contributed by atoms with Gasteiger partial charge in [0.1, 0.15) is 0 Å². The summed E-state index contributed by atoms with van der Waals surface area (Å²) in [5, 5.41) is 8.80. The van der Waals surface area contributed by atoms with Crippen LogP contribution in [0, 0.1) is 6.92 Å². The Morgan fingerprint density at radius 2 is 2.06 bits per heavy atom. The fraction of sp³-hybridized carbons (Fsp3) is 0.500. The Bertz CT molecular complexity index is 502. The van der Waals surface area contributed by atoms with Crippen molar-refractivity contribution >= 4 is 26.0 Å². The summed E-state index contributed by atoms with van der Waals surface area (Å²) in [6.45, 7) is 4.38. The SMILES string of the molecule is CCN(CCCO)S(=O)(=O)c1ccc(Br)c(C)c1. The van der Waals surface area contributed by atoms with Crippen molar-refractivity contribution in [1.29, 1.82) is 0 Å². The first-order chi connectivity index (χ1) is 8.43. The molecule has 0 aliphatic rings. The summed E-state index contributed by atoms with van der Waals surface area (Å²) in [7, 11) is -3.46. The molecule has 0 atom stereocenters. The molecule has 0 unspecified atom stereocenters. The molecule has 1 aromatic rings. The number of hydrogen-bond acceptors (Lipinski definition) is 3. The molecule has 0 aromatic heterocycles. The molecule has 0 radical (unpaired) electrons. The topological polar surface area (TPSA) is 57.6 Å². The lowest BCUT2D eigenvalue weighted by Gasteiger charge is -2.20. The minimum atomic E-state index is -3.46. The van der Waals surface area contributed by atoms with E-state index in [0.717, 1.165) is 10.0 Å². The van der Waals surface area contributed by atoms with E-state index in [9.17, 15) is 8.42 Å². The lowest BCUT2D eigenvalue weighted by Crippen LogP contribution is -2.32. The number of rotatable bonds is 6. The fourth-order valence-corrected chi connectivity index (χ4v) is 3.44. The smallest absolute Gasteiger partial charge is 0.243 e. The van der Waals surface area contributed by atoms with Gasteiger partial charge in [0.15, 0.2) is 0 Å². The summed E-state index contributed by atoms with van der Waals surface area (Å²) in [4.78, 5) is 0.294. The van der Waals surface area contributed by atoms with Crippen molar-refractivity contribution in [3.8, 4) is 0 Å². The monoisotopic (exact) mass is 335 g/mol. The third-order valence-corrected chi connectivity index (χ3v) is 5.55. The van der Waals surface area contributed by atoms with Gasteiger partial charge in [-0.15, -0.1) is 0 Å². The molecule has 0 saturated carbocycles. The highest BCUT2D eigenvalue weighted by atomic mass is 79.9. The molecule has 1 aromatic carbocycles. The van der Waals surface area contributed by atoms with E-state index in [1.54, 1.807) is 25.1 Å². The second-order valence-electron chi connectivity index (χ2n) is 3.98. The number of aryl methyl sites for hydroxylation is 1. The maximum Gasteiger partial charge on any atom is 0.243 e. The van der Waals surface area contributed by atoms with E-state index in [4.69, 9.17) is 5.11 Å². The lowest BCUT2D eigenvalue weighted by molar-refractivity contribution is 0.271. The van der Waals surface area contributed by atoms with Gasteiger partial charge in [-0.05, 0) is 37.1 Å². The van der Waals surface area contributed by atoms with Crippen LogP contribution in [0.2, 0.25) is 0 Å². The van der Waals surface area contributed by atoms with E-state index in [1.165, 1.54) is 4.31 Å². The zero-order valence-corrected chi connectivity index (χ0v) is 13.0. The van der Waals surface area contributed by atoms with E-state index in [1.807, 2.05) is 6.92 Å². The van der Waals surface area contributed by atoms with Crippen molar-refractivity contribution in [2.24, 2.45) is 0 Å². The lowest BCUT2D eigenvalue weighted by atomic mass is 10.2. The van der Waals surface area contributed by atoms with E-state index in [2.05, 4.69) is 15.9 Å². The predicted octanol–water partition coefficient (Wildman–Crippen LogP) is 2.15. The first kappa shape index (κ1) is 15.6. The molecule has 0 heterocycles. The van der Waals surface area contributed by atoms with E-state index in [-0.39, 0.29) is 6.61 Å². The van der Waals surface area contributed by atoms with Crippen LogP contribution in [0.1, 0.15) is 18.9 Å². The van der Waals surface area contributed by atoms with Crippen LogP contribution in [0.4, 0.5) is 0 Å². The summed E-state index contributed by atoms with van der Waals surface area (Å²) in [5.74, 6) is 0. The van der Waals surface area contributed by atoms with E-state index in [0.29, 0.717) is 24.4 Å². The summed E-state index contributed by atoms with van der Waals surface area (Å²) in [5.41, 5.74) is 0.884. The zero-order chi connectivity index (χ0) is 13.8. The van der Waals surface area contributed by atoms with Crippen LogP contribution in [-0.2, 0) is 10.0 Å². The summed E-state index contributed by atoms with van der Waals surface area (Å²) in [6, 6.07) is 4.98. The molecule has 0 fully saturated rings.